The molecule has 2 rings (SSSR count). The van der Waals surface area contributed by atoms with Crippen molar-refractivity contribution in [1.82, 2.24) is 5.32 Å². The van der Waals surface area contributed by atoms with E-state index in [9.17, 15) is 9.59 Å². The average Bonchev–Trinajstić information content (AvgIpc) is 2.48. The normalized spacial score (nSPS) is 17.1. The van der Waals surface area contributed by atoms with E-state index >= 15 is 0 Å². The number of carbonyl (C=O) groups is 2. The Morgan fingerprint density at radius 2 is 1.81 bits per heavy atom. The number of benzene rings is 1. The van der Waals surface area contributed by atoms with Gasteiger partial charge in [0, 0.05) is 12.8 Å². The lowest BCUT2D eigenvalue weighted by Gasteiger charge is -2.22. The van der Waals surface area contributed by atoms with Crippen LogP contribution >= 0.6 is 0 Å². The molecule has 1 fully saturated rings. The van der Waals surface area contributed by atoms with Crippen LogP contribution in [0.25, 0.3) is 0 Å². The minimum atomic E-state index is -0.622. The first-order valence-electron chi connectivity index (χ1n) is 7.78. The number of nitrogens with one attached hydrogen (secondary N) is 1. The summed E-state index contributed by atoms with van der Waals surface area (Å²) in [4.78, 5) is 23.6. The molecule has 0 aromatic heterocycles. The van der Waals surface area contributed by atoms with Crippen molar-refractivity contribution in [2.45, 2.75) is 51.0 Å². The van der Waals surface area contributed by atoms with Crippen molar-refractivity contribution in [2.24, 2.45) is 11.7 Å². The maximum Gasteiger partial charge on any atom is 0.240 e. The third-order valence-corrected chi connectivity index (χ3v) is 4.16. The Bertz CT molecular complexity index is 467. The highest BCUT2D eigenvalue weighted by atomic mass is 16.2. The van der Waals surface area contributed by atoms with Gasteiger partial charge in [-0.3, -0.25) is 9.59 Å². The van der Waals surface area contributed by atoms with Gasteiger partial charge in [-0.15, -0.1) is 0 Å². The number of rotatable bonds is 6. The lowest BCUT2D eigenvalue weighted by molar-refractivity contribution is -0.128. The highest BCUT2D eigenvalue weighted by Crippen LogP contribution is 2.26. The standard InChI is InChI=1S/C17H24N2O2/c18-17(21)15(11-13-7-3-1-4-8-13)19-16(20)12-14-9-5-2-6-10-14/h1,3-4,7-8,14-15H,2,5-6,9-12H2,(H2,18,21)(H,19,20). The lowest BCUT2D eigenvalue weighted by Crippen LogP contribution is -2.46. The first-order chi connectivity index (χ1) is 10.1. The summed E-state index contributed by atoms with van der Waals surface area (Å²) >= 11 is 0. The Kier molecular flexibility index (Phi) is 5.78. The highest BCUT2D eigenvalue weighted by Gasteiger charge is 2.22. The van der Waals surface area contributed by atoms with Crippen LogP contribution < -0.4 is 11.1 Å². The van der Waals surface area contributed by atoms with Gasteiger partial charge in [0.1, 0.15) is 6.04 Å². The maximum atomic E-state index is 12.1. The third-order valence-electron chi connectivity index (χ3n) is 4.16. The number of primary amides is 1. The SMILES string of the molecule is NC(=O)C(Cc1ccccc1)NC(=O)CC1CCCCC1. The molecule has 0 heterocycles. The lowest BCUT2D eigenvalue weighted by atomic mass is 9.87. The molecule has 1 aromatic carbocycles. The largest absolute Gasteiger partial charge is 0.368 e. The number of carbonyl (C=O) groups excluding carboxylic acids is 2. The Hall–Kier alpha value is -1.84. The zero-order valence-corrected chi connectivity index (χ0v) is 12.4. The molecular formula is C17H24N2O2. The Balaban J connectivity index is 1.86. The quantitative estimate of drug-likeness (QED) is 0.842. The summed E-state index contributed by atoms with van der Waals surface area (Å²) in [5.74, 6) is -0.0681. The van der Waals surface area contributed by atoms with E-state index in [0.29, 0.717) is 18.8 Å². The fourth-order valence-electron chi connectivity index (χ4n) is 2.98. The first-order valence-corrected chi connectivity index (χ1v) is 7.78. The molecule has 2 amide bonds. The molecule has 0 saturated heterocycles. The van der Waals surface area contributed by atoms with Gasteiger partial charge in [-0.2, -0.15) is 0 Å². The zero-order valence-electron chi connectivity index (χ0n) is 12.4. The smallest absolute Gasteiger partial charge is 0.240 e. The van der Waals surface area contributed by atoms with Crippen molar-refractivity contribution in [1.29, 1.82) is 0 Å². The van der Waals surface area contributed by atoms with Crippen LogP contribution in [0.2, 0.25) is 0 Å². The second kappa shape index (κ2) is 7.81. The molecule has 1 unspecified atom stereocenters. The van der Waals surface area contributed by atoms with Gasteiger partial charge in [0.2, 0.25) is 11.8 Å². The van der Waals surface area contributed by atoms with Crippen LogP contribution in [0.4, 0.5) is 0 Å². The van der Waals surface area contributed by atoms with Crippen LogP contribution in [0.15, 0.2) is 30.3 Å². The van der Waals surface area contributed by atoms with E-state index in [1.54, 1.807) is 0 Å². The van der Waals surface area contributed by atoms with E-state index in [2.05, 4.69) is 5.32 Å². The molecule has 1 aliphatic carbocycles. The van der Waals surface area contributed by atoms with E-state index in [-0.39, 0.29) is 5.91 Å². The number of amides is 2. The van der Waals surface area contributed by atoms with Gasteiger partial charge in [0.25, 0.3) is 0 Å². The molecule has 4 nitrogen and oxygen atoms in total. The Labute approximate surface area is 126 Å². The topological polar surface area (TPSA) is 72.2 Å². The summed E-state index contributed by atoms with van der Waals surface area (Å²) in [7, 11) is 0. The Morgan fingerprint density at radius 1 is 1.14 bits per heavy atom. The zero-order chi connectivity index (χ0) is 15.1. The van der Waals surface area contributed by atoms with Gasteiger partial charge in [0.05, 0.1) is 0 Å². The van der Waals surface area contributed by atoms with Crippen LogP contribution in [0.5, 0.6) is 0 Å². The van der Waals surface area contributed by atoms with Crippen LogP contribution in [0.3, 0.4) is 0 Å². The van der Waals surface area contributed by atoms with E-state index in [4.69, 9.17) is 5.73 Å². The average molecular weight is 288 g/mol. The predicted octanol–water partition coefficient (Wildman–Crippen LogP) is 2.17. The third kappa shape index (κ3) is 5.21. The Morgan fingerprint density at radius 3 is 2.43 bits per heavy atom. The van der Waals surface area contributed by atoms with E-state index in [0.717, 1.165) is 18.4 Å². The molecule has 0 radical (unpaired) electrons. The van der Waals surface area contributed by atoms with E-state index in [1.807, 2.05) is 30.3 Å². The molecular weight excluding hydrogens is 264 g/mol. The fraction of sp³-hybridized carbons (Fsp3) is 0.529. The second-order valence-electron chi connectivity index (χ2n) is 5.92. The van der Waals surface area contributed by atoms with Crippen LogP contribution in [-0.2, 0) is 16.0 Å². The van der Waals surface area contributed by atoms with Crippen molar-refractivity contribution in [3.63, 3.8) is 0 Å². The molecule has 3 N–H and O–H groups in total. The summed E-state index contributed by atoms with van der Waals surface area (Å²) < 4.78 is 0. The van der Waals surface area contributed by atoms with Crippen molar-refractivity contribution in [3.05, 3.63) is 35.9 Å². The van der Waals surface area contributed by atoms with Gasteiger partial charge >= 0.3 is 0 Å². The molecule has 21 heavy (non-hydrogen) atoms. The highest BCUT2D eigenvalue weighted by molar-refractivity contribution is 5.86. The molecule has 1 atom stereocenters. The minimum Gasteiger partial charge on any atom is -0.368 e. The molecule has 0 bridgehead atoms. The van der Waals surface area contributed by atoms with Gasteiger partial charge in [-0.05, 0) is 24.3 Å². The second-order valence-corrected chi connectivity index (χ2v) is 5.92. The molecule has 1 saturated carbocycles. The van der Waals surface area contributed by atoms with Crippen LogP contribution in [0, 0.1) is 5.92 Å². The van der Waals surface area contributed by atoms with Crippen molar-refractivity contribution >= 4 is 11.8 Å². The van der Waals surface area contributed by atoms with E-state index in [1.165, 1.54) is 19.3 Å². The summed E-state index contributed by atoms with van der Waals surface area (Å²) in [6, 6.07) is 8.99. The predicted molar refractivity (Wildman–Crippen MR) is 82.5 cm³/mol. The summed E-state index contributed by atoms with van der Waals surface area (Å²) in [6.45, 7) is 0. The number of hydrogen-bond acceptors (Lipinski definition) is 2. The van der Waals surface area contributed by atoms with Crippen LogP contribution in [-0.4, -0.2) is 17.9 Å². The molecule has 0 spiro atoms. The van der Waals surface area contributed by atoms with Crippen LogP contribution in [0.1, 0.15) is 44.1 Å². The van der Waals surface area contributed by atoms with Crippen molar-refractivity contribution in [2.75, 3.05) is 0 Å². The van der Waals surface area contributed by atoms with Crippen molar-refractivity contribution < 1.29 is 9.59 Å². The summed E-state index contributed by atoms with van der Waals surface area (Å²) in [6.07, 6.45) is 6.89. The van der Waals surface area contributed by atoms with Crippen molar-refractivity contribution in [3.8, 4) is 0 Å². The maximum absolute atomic E-state index is 12.1. The first kappa shape index (κ1) is 15.5. The van der Waals surface area contributed by atoms with E-state index < -0.39 is 11.9 Å². The van der Waals surface area contributed by atoms with Gasteiger partial charge < -0.3 is 11.1 Å². The monoisotopic (exact) mass is 288 g/mol. The molecule has 0 aliphatic heterocycles. The summed E-state index contributed by atoms with van der Waals surface area (Å²) in [5, 5.41) is 2.80. The molecule has 1 aliphatic rings. The number of nitrogens with two attached hydrogens (primary N) is 1. The molecule has 4 heteroatoms. The van der Waals surface area contributed by atoms with Gasteiger partial charge in [-0.25, -0.2) is 0 Å². The summed E-state index contributed by atoms with van der Waals surface area (Å²) in [5.41, 5.74) is 6.41. The van der Waals surface area contributed by atoms with Gasteiger partial charge in [-0.1, -0.05) is 49.6 Å². The number of hydrogen-bond donors (Lipinski definition) is 2. The fourth-order valence-corrected chi connectivity index (χ4v) is 2.98. The van der Waals surface area contributed by atoms with Gasteiger partial charge in [0.15, 0.2) is 0 Å². The molecule has 1 aromatic rings. The molecule has 114 valence electrons. The minimum absolute atomic E-state index is 0.0540.